The molecule has 2 aromatic heterocycles. The molecule has 1 aromatic carbocycles. The van der Waals surface area contributed by atoms with E-state index in [2.05, 4.69) is 10.3 Å². The average molecular weight is 290 g/mol. The summed E-state index contributed by atoms with van der Waals surface area (Å²) in [6, 6.07) is 12.3. The van der Waals surface area contributed by atoms with Gasteiger partial charge >= 0.3 is 0 Å². The summed E-state index contributed by atoms with van der Waals surface area (Å²) in [4.78, 5) is 16.7. The van der Waals surface area contributed by atoms with Crippen LogP contribution in [0.25, 0.3) is 5.65 Å². The van der Waals surface area contributed by atoms with Crippen molar-refractivity contribution in [2.45, 2.75) is 13.8 Å². The number of aryl methyl sites for hydroxylation is 2. The number of imidazole rings is 1. The third kappa shape index (κ3) is 2.42. The Hall–Kier alpha value is -3.13. The largest absolute Gasteiger partial charge is 0.321 e. The van der Waals surface area contributed by atoms with E-state index in [1.165, 1.54) is 0 Å². The van der Waals surface area contributed by atoms with Crippen LogP contribution in [0, 0.1) is 25.2 Å². The molecule has 1 amide bonds. The van der Waals surface area contributed by atoms with Gasteiger partial charge in [-0.25, -0.2) is 4.98 Å². The van der Waals surface area contributed by atoms with Crippen LogP contribution in [0.15, 0.2) is 42.6 Å². The van der Waals surface area contributed by atoms with Crippen LogP contribution in [0.1, 0.15) is 27.3 Å². The number of carbonyl (C=O) groups excluding carboxylic acids is 1. The maximum absolute atomic E-state index is 12.3. The SMILES string of the molecule is Cc1nc2ccc(NC(=O)c3cccc(C#N)c3)cn2c1C. The number of hydrogen-bond donors (Lipinski definition) is 1. The lowest BCUT2D eigenvalue weighted by molar-refractivity contribution is 0.102. The van der Waals surface area contributed by atoms with Gasteiger partial charge in [0.05, 0.1) is 23.0 Å². The van der Waals surface area contributed by atoms with Crippen molar-refractivity contribution in [1.82, 2.24) is 9.38 Å². The number of nitrogens with zero attached hydrogens (tertiary/aromatic N) is 3. The summed E-state index contributed by atoms with van der Waals surface area (Å²) in [5, 5.41) is 11.7. The van der Waals surface area contributed by atoms with Crippen LogP contribution >= 0.6 is 0 Å². The van der Waals surface area contributed by atoms with Crippen LogP contribution in [0.5, 0.6) is 0 Å². The molecule has 3 rings (SSSR count). The van der Waals surface area contributed by atoms with E-state index in [-0.39, 0.29) is 5.91 Å². The zero-order chi connectivity index (χ0) is 15.7. The predicted molar refractivity (Wildman–Crippen MR) is 83.8 cm³/mol. The van der Waals surface area contributed by atoms with Crippen molar-refractivity contribution in [3.8, 4) is 6.07 Å². The number of pyridine rings is 1. The summed E-state index contributed by atoms with van der Waals surface area (Å²) in [5.41, 5.74) is 4.45. The minimum atomic E-state index is -0.244. The molecule has 0 saturated heterocycles. The summed E-state index contributed by atoms with van der Waals surface area (Å²) < 4.78 is 1.94. The highest BCUT2D eigenvalue weighted by Gasteiger charge is 2.09. The number of fused-ring (bicyclic) bond motifs is 1. The Labute approximate surface area is 127 Å². The second-order valence-corrected chi connectivity index (χ2v) is 5.08. The first-order valence-corrected chi connectivity index (χ1v) is 6.85. The molecular weight excluding hydrogens is 276 g/mol. The number of amides is 1. The number of nitriles is 1. The van der Waals surface area contributed by atoms with Crippen LogP contribution in [-0.2, 0) is 0 Å². The van der Waals surface area contributed by atoms with Crippen LogP contribution in [0.2, 0.25) is 0 Å². The van der Waals surface area contributed by atoms with Gasteiger partial charge in [-0.05, 0) is 44.2 Å². The van der Waals surface area contributed by atoms with Gasteiger partial charge in [0.1, 0.15) is 5.65 Å². The molecular formula is C17H14N4O. The molecule has 0 aliphatic heterocycles. The number of aromatic nitrogens is 2. The zero-order valence-electron chi connectivity index (χ0n) is 12.3. The van der Waals surface area contributed by atoms with E-state index in [9.17, 15) is 4.79 Å². The number of rotatable bonds is 2. The highest BCUT2D eigenvalue weighted by molar-refractivity contribution is 6.04. The van der Waals surface area contributed by atoms with Crippen LogP contribution in [0.3, 0.4) is 0 Å². The highest BCUT2D eigenvalue weighted by Crippen LogP contribution is 2.16. The Morgan fingerprint density at radius 1 is 1.27 bits per heavy atom. The van der Waals surface area contributed by atoms with Crippen molar-refractivity contribution in [3.05, 3.63) is 65.1 Å². The third-order valence-electron chi connectivity index (χ3n) is 3.61. The summed E-state index contributed by atoms with van der Waals surface area (Å²) in [6.45, 7) is 3.94. The molecule has 0 atom stereocenters. The second-order valence-electron chi connectivity index (χ2n) is 5.08. The summed E-state index contributed by atoms with van der Waals surface area (Å²) in [6.07, 6.45) is 1.84. The van der Waals surface area contributed by atoms with Crippen molar-refractivity contribution in [2.24, 2.45) is 0 Å². The van der Waals surface area contributed by atoms with Crippen molar-refractivity contribution < 1.29 is 4.79 Å². The number of anilines is 1. The molecule has 0 bridgehead atoms. The van der Waals surface area contributed by atoms with E-state index < -0.39 is 0 Å². The Bertz CT molecular complexity index is 918. The molecule has 0 unspecified atom stereocenters. The van der Waals surface area contributed by atoms with Crippen molar-refractivity contribution >= 4 is 17.2 Å². The zero-order valence-corrected chi connectivity index (χ0v) is 12.3. The van der Waals surface area contributed by atoms with Gasteiger partial charge in [-0.3, -0.25) is 4.79 Å². The van der Waals surface area contributed by atoms with Crippen molar-refractivity contribution in [3.63, 3.8) is 0 Å². The van der Waals surface area contributed by atoms with Crippen LogP contribution in [-0.4, -0.2) is 15.3 Å². The van der Waals surface area contributed by atoms with Crippen LogP contribution in [0.4, 0.5) is 5.69 Å². The molecule has 5 nitrogen and oxygen atoms in total. The fraction of sp³-hybridized carbons (Fsp3) is 0.118. The first-order chi connectivity index (χ1) is 10.6. The fourth-order valence-corrected chi connectivity index (χ4v) is 2.29. The molecule has 0 aliphatic carbocycles. The Morgan fingerprint density at radius 2 is 2.09 bits per heavy atom. The van der Waals surface area contributed by atoms with Gasteiger partial charge < -0.3 is 9.72 Å². The average Bonchev–Trinajstić information content (AvgIpc) is 2.82. The van der Waals surface area contributed by atoms with E-state index in [4.69, 9.17) is 5.26 Å². The fourth-order valence-electron chi connectivity index (χ4n) is 2.29. The normalized spacial score (nSPS) is 10.4. The molecule has 2 heterocycles. The van der Waals surface area contributed by atoms with Gasteiger partial charge in [-0.2, -0.15) is 5.26 Å². The number of benzene rings is 1. The quantitative estimate of drug-likeness (QED) is 0.788. The third-order valence-corrected chi connectivity index (χ3v) is 3.61. The van der Waals surface area contributed by atoms with Crippen molar-refractivity contribution in [2.75, 3.05) is 5.32 Å². The smallest absolute Gasteiger partial charge is 0.255 e. The Morgan fingerprint density at radius 3 is 2.86 bits per heavy atom. The molecule has 0 radical (unpaired) electrons. The summed E-state index contributed by atoms with van der Waals surface area (Å²) in [5.74, 6) is -0.244. The minimum Gasteiger partial charge on any atom is -0.321 e. The van der Waals surface area contributed by atoms with E-state index in [0.29, 0.717) is 16.8 Å². The lowest BCUT2D eigenvalue weighted by atomic mass is 10.1. The molecule has 1 N–H and O–H groups in total. The predicted octanol–water partition coefficient (Wildman–Crippen LogP) is 3.08. The van der Waals surface area contributed by atoms with Gasteiger partial charge in [0.15, 0.2) is 0 Å². The highest BCUT2D eigenvalue weighted by atomic mass is 16.1. The molecule has 0 fully saturated rings. The van der Waals surface area contributed by atoms with E-state index in [0.717, 1.165) is 17.0 Å². The molecule has 0 saturated carbocycles. The maximum atomic E-state index is 12.3. The monoisotopic (exact) mass is 290 g/mol. The standard InChI is InChI=1S/C17H14N4O/c1-11-12(2)21-10-15(6-7-16(21)19-11)20-17(22)14-5-3-4-13(8-14)9-18/h3-8,10H,1-2H3,(H,20,22). The molecule has 0 aliphatic rings. The lowest BCUT2D eigenvalue weighted by Gasteiger charge is -2.07. The van der Waals surface area contributed by atoms with Gasteiger partial charge in [-0.15, -0.1) is 0 Å². The van der Waals surface area contributed by atoms with Crippen LogP contribution < -0.4 is 5.32 Å². The second kappa shape index (κ2) is 5.34. The lowest BCUT2D eigenvalue weighted by Crippen LogP contribution is -2.12. The first-order valence-electron chi connectivity index (χ1n) is 6.85. The summed E-state index contributed by atoms with van der Waals surface area (Å²) in [7, 11) is 0. The topological polar surface area (TPSA) is 70.2 Å². The van der Waals surface area contributed by atoms with Crippen molar-refractivity contribution in [1.29, 1.82) is 5.26 Å². The van der Waals surface area contributed by atoms with Gasteiger partial charge in [0.25, 0.3) is 5.91 Å². The molecule has 108 valence electrons. The minimum absolute atomic E-state index is 0.244. The molecule has 0 spiro atoms. The number of nitrogens with one attached hydrogen (secondary N) is 1. The Kier molecular flexibility index (Phi) is 3.36. The maximum Gasteiger partial charge on any atom is 0.255 e. The van der Waals surface area contributed by atoms with Gasteiger partial charge in [-0.1, -0.05) is 6.07 Å². The number of hydrogen-bond acceptors (Lipinski definition) is 3. The molecule has 22 heavy (non-hydrogen) atoms. The molecule has 5 heteroatoms. The van der Waals surface area contributed by atoms with E-state index in [1.807, 2.05) is 42.6 Å². The number of carbonyl (C=O) groups is 1. The summed E-state index contributed by atoms with van der Waals surface area (Å²) >= 11 is 0. The van der Waals surface area contributed by atoms with Gasteiger partial charge in [0, 0.05) is 17.5 Å². The first kappa shape index (κ1) is 13.8. The van der Waals surface area contributed by atoms with Gasteiger partial charge in [0.2, 0.25) is 0 Å². The van der Waals surface area contributed by atoms with E-state index in [1.54, 1.807) is 24.3 Å². The Balaban J connectivity index is 1.90. The molecule has 3 aromatic rings. The van der Waals surface area contributed by atoms with E-state index >= 15 is 0 Å².